The Hall–Kier alpha value is -3.21. The Labute approximate surface area is 202 Å². The van der Waals surface area contributed by atoms with E-state index in [4.69, 9.17) is 17.0 Å². The predicted molar refractivity (Wildman–Crippen MR) is 129 cm³/mol. The largest absolute Gasteiger partial charge is 0.353 e. The van der Waals surface area contributed by atoms with E-state index in [-0.39, 0.29) is 42.9 Å². The van der Waals surface area contributed by atoms with Crippen LogP contribution in [0.25, 0.3) is 10.9 Å². The van der Waals surface area contributed by atoms with Crippen LogP contribution in [0.4, 0.5) is 0 Å². The Kier molecular flexibility index (Phi) is 6.74. The molecule has 34 heavy (non-hydrogen) atoms. The van der Waals surface area contributed by atoms with E-state index in [1.54, 1.807) is 42.3 Å². The molecule has 2 heterocycles. The van der Waals surface area contributed by atoms with Gasteiger partial charge in [-0.1, -0.05) is 35.9 Å². The normalized spacial score (nSPS) is 15.0. The van der Waals surface area contributed by atoms with E-state index in [0.717, 1.165) is 11.8 Å². The van der Waals surface area contributed by atoms with Crippen molar-refractivity contribution in [3.63, 3.8) is 0 Å². The third kappa shape index (κ3) is 4.84. The summed E-state index contributed by atoms with van der Waals surface area (Å²) in [6.07, 6.45) is 0.738. The fourth-order valence-corrected chi connectivity index (χ4v) is 5.40. The lowest BCUT2D eigenvalue weighted by Gasteiger charge is -2.33. The number of carbonyl (C=O) groups excluding carboxylic acids is 2. The number of rotatable bonds is 7. The van der Waals surface area contributed by atoms with Gasteiger partial charge in [-0.15, -0.1) is 0 Å². The third-order valence-corrected chi connectivity index (χ3v) is 7.79. The standard InChI is InChI=1S/C23H24ClN5O4S/c1-27(10-11-30)23(25)17-4-2-16(3-5-17)14-28-8-9-29(15-22(28)31)34(32,33)21-13-18-12-19(24)6-7-20(18)26-21/h2-7,11-13,25-26H,8-10,14-15H2,1H3. The topological polar surface area (TPSA) is 118 Å². The van der Waals surface area contributed by atoms with Crippen LogP contribution < -0.4 is 0 Å². The minimum Gasteiger partial charge on any atom is -0.353 e. The van der Waals surface area contributed by atoms with Gasteiger partial charge in [0, 0.05) is 48.2 Å². The molecule has 2 aromatic carbocycles. The molecule has 0 saturated carbocycles. The Morgan fingerprint density at radius 1 is 1.18 bits per heavy atom. The van der Waals surface area contributed by atoms with Gasteiger partial charge in [0.05, 0.1) is 13.1 Å². The first kappa shape index (κ1) is 23.9. The number of benzene rings is 2. The Morgan fingerprint density at radius 3 is 2.59 bits per heavy atom. The van der Waals surface area contributed by atoms with Crippen molar-refractivity contribution >= 4 is 50.6 Å². The number of nitrogens with zero attached hydrogens (tertiary/aromatic N) is 3. The minimum absolute atomic E-state index is 0.0311. The molecular weight excluding hydrogens is 478 g/mol. The molecule has 1 fully saturated rings. The number of hydrogen-bond donors (Lipinski definition) is 2. The molecule has 3 aromatic rings. The molecule has 0 unspecified atom stereocenters. The Morgan fingerprint density at radius 2 is 1.91 bits per heavy atom. The third-order valence-electron chi connectivity index (χ3n) is 5.79. The van der Waals surface area contributed by atoms with Crippen LogP contribution in [0.1, 0.15) is 11.1 Å². The van der Waals surface area contributed by atoms with E-state index in [2.05, 4.69) is 4.98 Å². The van der Waals surface area contributed by atoms with Crippen molar-refractivity contribution in [3.8, 4) is 0 Å². The first-order valence-electron chi connectivity index (χ1n) is 10.6. The molecular formula is C23H24ClN5O4S. The fraction of sp³-hybridized carbons (Fsp3) is 0.261. The molecule has 1 aliphatic heterocycles. The summed E-state index contributed by atoms with van der Waals surface area (Å²) in [7, 11) is -2.19. The lowest BCUT2D eigenvalue weighted by atomic mass is 10.1. The molecule has 0 spiro atoms. The molecule has 0 atom stereocenters. The van der Waals surface area contributed by atoms with Crippen LogP contribution in [0.5, 0.6) is 0 Å². The van der Waals surface area contributed by atoms with Gasteiger partial charge in [-0.05, 0) is 29.8 Å². The average Bonchev–Trinajstić information content (AvgIpc) is 3.24. The van der Waals surface area contributed by atoms with Crippen molar-refractivity contribution in [2.24, 2.45) is 0 Å². The molecule has 0 radical (unpaired) electrons. The molecule has 0 aliphatic carbocycles. The summed E-state index contributed by atoms with van der Waals surface area (Å²) in [6, 6.07) is 13.8. The monoisotopic (exact) mass is 501 g/mol. The Bertz CT molecular complexity index is 1350. The zero-order chi connectivity index (χ0) is 24.5. The van der Waals surface area contributed by atoms with E-state index in [9.17, 15) is 18.0 Å². The maximum atomic E-state index is 13.1. The molecule has 1 aliphatic rings. The van der Waals surface area contributed by atoms with Crippen molar-refractivity contribution in [1.29, 1.82) is 5.41 Å². The van der Waals surface area contributed by atoms with E-state index in [0.29, 0.717) is 28.0 Å². The first-order chi connectivity index (χ1) is 16.2. The maximum Gasteiger partial charge on any atom is 0.259 e. The van der Waals surface area contributed by atoms with Crippen LogP contribution in [0.15, 0.2) is 53.6 Å². The van der Waals surface area contributed by atoms with E-state index < -0.39 is 10.0 Å². The van der Waals surface area contributed by atoms with Gasteiger partial charge in [0.2, 0.25) is 5.91 Å². The lowest BCUT2D eigenvalue weighted by Crippen LogP contribution is -2.51. The number of aromatic nitrogens is 1. The van der Waals surface area contributed by atoms with E-state index in [1.165, 1.54) is 15.3 Å². The number of H-pyrrole nitrogens is 1. The van der Waals surface area contributed by atoms with Crippen LogP contribution in [-0.4, -0.2) is 78.8 Å². The molecule has 178 valence electrons. The first-order valence-corrected chi connectivity index (χ1v) is 12.4. The van der Waals surface area contributed by atoms with Gasteiger partial charge in [0.15, 0.2) is 0 Å². The molecule has 1 aromatic heterocycles. The minimum atomic E-state index is -3.86. The quantitative estimate of drug-likeness (QED) is 0.292. The Balaban J connectivity index is 1.41. The molecule has 2 N–H and O–H groups in total. The summed E-state index contributed by atoms with van der Waals surface area (Å²) in [5, 5.41) is 9.35. The van der Waals surface area contributed by atoms with Crippen LogP contribution in [0.2, 0.25) is 5.02 Å². The number of nitrogens with one attached hydrogen (secondary N) is 2. The number of piperazine rings is 1. The molecule has 1 amide bonds. The highest BCUT2D eigenvalue weighted by Crippen LogP contribution is 2.25. The summed E-state index contributed by atoms with van der Waals surface area (Å²) < 4.78 is 27.4. The zero-order valence-electron chi connectivity index (χ0n) is 18.5. The maximum absolute atomic E-state index is 13.1. The van der Waals surface area contributed by atoms with Crippen LogP contribution in [0, 0.1) is 5.41 Å². The molecule has 11 heteroatoms. The fourth-order valence-electron chi connectivity index (χ4n) is 3.83. The number of fused-ring (bicyclic) bond motifs is 1. The molecule has 4 rings (SSSR count). The van der Waals surface area contributed by atoms with Gasteiger partial charge >= 0.3 is 0 Å². The number of likely N-dealkylation sites (N-methyl/N-ethyl adjacent to an activating group) is 1. The van der Waals surface area contributed by atoms with Gasteiger partial charge in [0.1, 0.15) is 17.1 Å². The molecule has 0 bridgehead atoms. The van der Waals surface area contributed by atoms with Gasteiger partial charge in [-0.3, -0.25) is 10.2 Å². The number of sulfonamides is 1. The number of aldehydes is 1. The zero-order valence-corrected chi connectivity index (χ0v) is 20.1. The average molecular weight is 502 g/mol. The SMILES string of the molecule is CN(CC=O)C(=N)c1ccc(CN2CCN(S(=O)(=O)c3cc4cc(Cl)ccc4[nH]3)CC2=O)cc1. The highest BCUT2D eigenvalue weighted by atomic mass is 35.5. The lowest BCUT2D eigenvalue weighted by molar-refractivity contribution is -0.134. The highest BCUT2D eigenvalue weighted by molar-refractivity contribution is 7.89. The number of amides is 1. The second-order valence-corrected chi connectivity index (χ2v) is 10.5. The van der Waals surface area contributed by atoms with Gasteiger partial charge in [-0.2, -0.15) is 4.31 Å². The smallest absolute Gasteiger partial charge is 0.259 e. The number of carbonyl (C=O) groups is 2. The predicted octanol–water partition coefficient (Wildman–Crippen LogP) is 2.31. The second kappa shape index (κ2) is 9.57. The van der Waals surface area contributed by atoms with Gasteiger partial charge in [0.25, 0.3) is 10.0 Å². The van der Waals surface area contributed by atoms with Crippen molar-refractivity contribution in [1.82, 2.24) is 19.1 Å². The van der Waals surface area contributed by atoms with Gasteiger partial charge in [-0.25, -0.2) is 8.42 Å². The van der Waals surface area contributed by atoms with Crippen molar-refractivity contribution in [3.05, 3.63) is 64.7 Å². The van der Waals surface area contributed by atoms with E-state index >= 15 is 0 Å². The van der Waals surface area contributed by atoms with E-state index in [1.807, 2.05) is 12.1 Å². The van der Waals surface area contributed by atoms with Crippen molar-refractivity contribution in [2.75, 3.05) is 33.2 Å². The highest BCUT2D eigenvalue weighted by Gasteiger charge is 2.33. The van der Waals surface area contributed by atoms with Gasteiger partial charge < -0.3 is 19.6 Å². The number of halogens is 1. The summed E-state index contributed by atoms with van der Waals surface area (Å²) in [5.41, 5.74) is 2.18. The number of aromatic amines is 1. The number of amidine groups is 1. The number of hydrogen-bond acceptors (Lipinski definition) is 5. The van der Waals surface area contributed by atoms with Crippen molar-refractivity contribution < 1.29 is 18.0 Å². The summed E-state index contributed by atoms with van der Waals surface area (Å²) in [4.78, 5) is 29.5. The van der Waals surface area contributed by atoms with Crippen LogP contribution in [-0.2, 0) is 26.2 Å². The molecule has 1 saturated heterocycles. The molecule has 9 nitrogen and oxygen atoms in total. The summed E-state index contributed by atoms with van der Waals surface area (Å²) in [6.45, 7) is 0.689. The van der Waals surface area contributed by atoms with Crippen molar-refractivity contribution in [2.45, 2.75) is 11.6 Å². The second-order valence-electron chi connectivity index (χ2n) is 8.11. The summed E-state index contributed by atoms with van der Waals surface area (Å²) >= 11 is 5.99. The summed E-state index contributed by atoms with van der Waals surface area (Å²) in [5.74, 6) is -0.0516. The van der Waals surface area contributed by atoms with Crippen LogP contribution >= 0.6 is 11.6 Å². The van der Waals surface area contributed by atoms with Crippen LogP contribution in [0.3, 0.4) is 0 Å².